The zero-order chi connectivity index (χ0) is 18.7. The van der Waals surface area contributed by atoms with Gasteiger partial charge in [-0.05, 0) is 37.0 Å². The highest BCUT2D eigenvalue weighted by Crippen LogP contribution is 2.28. The molecule has 0 saturated heterocycles. The second-order valence-electron chi connectivity index (χ2n) is 6.63. The average molecular weight is 351 g/mol. The van der Waals surface area contributed by atoms with E-state index in [-0.39, 0.29) is 13.2 Å². The third-order valence-electron chi connectivity index (χ3n) is 3.82. The van der Waals surface area contributed by atoms with Gasteiger partial charge in [0.1, 0.15) is 6.61 Å². The molecule has 4 N–H and O–H groups in total. The molecule has 1 rings (SSSR count). The number of ether oxygens (including phenoxy) is 2. The van der Waals surface area contributed by atoms with Crippen molar-refractivity contribution in [3.05, 3.63) is 23.8 Å². The second-order valence-corrected chi connectivity index (χ2v) is 6.63. The Labute approximate surface area is 151 Å². The molecule has 142 valence electrons. The fourth-order valence-corrected chi connectivity index (χ4v) is 2.46. The van der Waals surface area contributed by atoms with Crippen LogP contribution in [-0.2, 0) is 6.54 Å². The van der Waals surface area contributed by atoms with Crippen LogP contribution < -0.4 is 20.5 Å². The third-order valence-corrected chi connectivity index (χ3v) is 3.82. The summed E-state index contributed by atoms with van der Waals surface area (Å²) in [5, 5.41) is 12.1. The maximum absolute atomic E-state index is 8.84. The molecule has 6 nitrogen and oxygen atoms in total. The zero-order valence-electron chi connectivity index (χ0n) is 15.9. The van der Waals surface area contributed by atoms with Crippen molar-refractivity contribution >= 4 is 5.96 Å². The van der Waals surface area contributed by atoms with Crippen molar-refractivity contribution in [2.45, 2.75) is 52.6 Å². The molecule has 0 aliphatic carbocycles. The van der Waals surface area contributed by atoms with Crippen LogP contribution in [0.5, 0.6) is 11.5 Å². The minimum absolute atomic E-state index is 0.0350. The summed E-state index contributed by atoms with van der Waals surface area (Å²) < 4.78 is 10.7. The summed E-state index contributed by atoms with van der Waals surface area (Å²) in [5.74, 6) is 2.41. The number of aliphatic hydroxyl groups excluding tert-OH is 1. The number of rotatable bonds is 11. The molecule has 1 aromatic carbocycles. The molecule has 1 aromatic rings. The van der Waals surface area contributed by atoms with Crippen molar-refractivity contribution < 1.29 is 14.6 Å². The van der Waals surface area contributed by atoms with Crippen molar-refractivity contribution in [2.75, 3.05) is 20.3 Å². The van der Waals surface area contributed by atoms with Crippen LogP contribution in [0.1, 0.15) is 45.6 Å². The summed E-state index contributed by atoms with van der Waals surface area (Å²) in [6.45, 7) is 7.27. The molecule has 0 aromatic heterocycles. The molecule has 0 aliphatic heterocycles. The summed E-state index contributed by atoms with van der Waals surface area (Å²) >= 11 is 0. The molecule has 0 spiro atoms. The number of hydrogen-bond acceptors (Lipinski definition) is 4. The molecular weight excluding hydrogens is 318 g/mol. The van der Waals surface area contributed by atoms with E-state index in [1.165, 1.54) is 12.8 Å². The first-order valence-electron chi connectivity index (χ1n) is 8.93. The number of nitrogens with zero attached hydrogens (tertiary/aromatic N) is 1. The summed E-state index contributed by atoms with van der Waals surface area (Å²) in [7, 11) is 1.59. The third kappa shape index (κ3) is 8.63. The van der Waals surface area contributed by atoms with E-state index in [4.69, 9.17) is 20.3 Å². The summed E-state index contributed by atoms with van der Waals surface area (Å²) in [5.41, 5.74) is 6.95. The van der Waals surface area contributed by atoms with E-state index >= 15 is 0 Å². The first-order chi connectivity index (χ1) is 12.0. The highest BCUT2D eigenvalue weighted by Gasteiger charge is 2.07. The number of methoxy groups -OCH3 is 1. The lowest BCUT2D eigenvalue weighted by atomic mass is 10.0. The van der Waals surface area contributed by atoms with Crippen LogP contribution in [0.4, 0.5) is 0 Å². The quantitative estimate of drug-likeness (QED) is 0.421. The molecule has 0 saturated carbocycles. The number of aliphatic hydroxyl groups is 1. The SMILES string of the molecule is COc1cc(CN=C(N)NC(C)CCCC(C)C)ccc1OCCO. The minimum atomic E-state index is -0.0350. The smallest absolute Gasteiger partial charge is 0.189 e. The molecule has 6 heteroatoms. The molecular formula is C19H33N3O3. The van der Waals surface area contributed by atoms with Gasteiger partial charge in [0.05, 0.1) is 20.3 Å². The Morgan fingerprint density at radius 1 is 1.24 bits per heavy atom. The van der Waals surface area contributed by atoms with E-state index in [1.807, 2.05) is 18.2 Å². The number of guanidine groups is 1. The van der Waals surface area contributed by atoms with Crippen molar-refractivity contribution in [1.82, 2.24) is 5.32 Å². The topological polar surface area (TPSA) is 89.1 Å². The maximum atomic E-state index is 8.84. The number of hydrogen-bond donors (Lipinski definition) is 3. The number of nitrogens with two attached hydrogens (primary N) is 1. The van der Waals surface area contributed by atoms with Gasteiger partial charge in [-0.25, -0.2) is 4.99 Å². The molecule has 0 heterocycles. The average Bonchev–Trinajstić information content (AvgIpc) is 2.58. The lowest BCUT2D eigenvalue weighted by molar-refractivity contribution is 0.196. The van der Waals surface area contributed by atoms with Gasteiger partial charge in [-0.1, -0.05) is 32.8 Å². The maximum Gasteiger partial charge on any atom is 0.189 e. The lowest BCUT2D eigenvalue weighted by Crippen LogP contribution is -2.38. The zero-order valence-corrected chi connectivity index (χ0v) is 15.9. The van der Waals surface area contributed by atoms with Crippen molar-refractivity contribution in [3.8, 4) is 11.5 Å². The van der Waals surface area contributed by atoms with Gasteiger partial charge in [-0.15, -0.1) is 0 Å². The number of nitrogens with one attached hydrogen (secondary N) is 1. The molecule has 0 radical (unpaired) electrons. The standard InChI is InChI=1S/C19H33N3O3/c1-14(2)6-5-7-15(3)22-19(20)21-13-16-8-9-17(25-11-10-23)18(12-16)24-4/h8-9,12,14-15,23H,5-7,10-11,13H2,1-4H3,(H3,20,21,22). The van der Waals surface area contributed by atoms with E-state index in [0.29, 0.717) is 30.0 Å². The first-order valence-corrected chi connectivity index (χ1v) is 8.93. The highest BCUT2D eigenvalue weighted by molar-refractivity contribution is 5.78. The van der Waals surface area contributed by atoms with Crippen molar-refractivity contribution in [3.63, 3.8) is 0 Å². The Morgan fingerprint density at radius 2 is 2.00 bits per heavy atom. The van der Waals surface area contributed by atoms with Crippen LogP contribution in [-0.4, -0.2) is 37.4 Å². The molecule has 0 fully saturated rings. The Balaban J connectivity index is 2.53. The second kappa shape index (κ2) is 11.6. The van der Waals surface area contributed by atoms with Gasteiger partial charge in [0, 0.05) is 6.04 Å². The van der Waals surface area contributed by atoms with Gasteiger partial charge < -0.3 is 25.6 Å². The van der Waals surface area contributed by atoms with Gasteiger partial charge >= 0.3 is 0 Å². The van der Waals surface area contributed by atoms with E-state index in [1.54, 1.807) is 7.11 Å². The van der Waals surface area contributed by atoms with E-state index < -0.39 is 0 Å². The molecule has 0 aliphatic rings. The normalized spacial score (nSPS) is 13.0. The van der Waals surface area contributed by atoms with Gasteiger partial charge in [0.15, 0.2) is 17.5 Å². The fraction of sp³-hybridized carbons (Fsp3) is 0.632. The van der Waals surface area contributed by atoms with Gasteiger partial charge in [0.25, 0.3) is 0 Å². The summed E-state index contributed by atoms with van der Waals surface area (Å²) in [6.07, 6.45) is 3.50. The van der Waals surface area contributed by atoms with Crippen molar-refractivity contribution in [2.24, 2.45) is 16.6 Å². The van der Waals surface area contributed by atoms with Crippen molar-refractivity contribution in [1.29, 1.82) is 0 Å². The van der Waals surface area contributed by atoms with Crippen LogP contribution in [0.15, 0.2) is 23.2 Å². The Hall–Kier alpha value is -1.95. The summed E-state index contributed by atoms with van der Waals surface area (Å²) in [4.78, 5) is 4.39. The number of aliphatic imine (C=N–C) groups is 1. The predicted octanol–water partition coefficient (Wildman–Crippen LogP) is 2.69. The minimum Gasteiger partial charge on any atom is -0.493 e. The molecule has 0 amide bonds. The highest BCUT2D eigenvalue weighted by atomic mass is 16.5. The van der Waals surface area contributed by atoms with Gasteiger partial charge in [-0.3, -0.25) is 0 Å². The van der Waals surface area contributed by atoms with E-state index in [9.17, 15) is 0 Å². The van der Waals surface area contributed by atoms with Crippen LogP contribution in [0.25, 0.3) is 0 Å². The fourth-order valence-electron chi connectivity index (χ4n) is 2.46. The number of benzene rings is 1. The van der Waals surface area contributed by atoms with Crippen LogP contribution in [0.3, 0.4) is 0 Å². The van der Waals surface area contributed by atoms with E-state index in [2.05, 4.69) is 31.1 Å². The van der Waals surface area contributed by atoms with Gasteiger partial charge in [-0.2, -0.15) is 0 Å². The molecule has 0 bridgehead atoms. The monoisotopic (exact) mass is 351 g/mol. The van der Waals surface area contributed by atoms with E-state index in [0.717, 1.165) is 17.9 Å². The van der Waals surface area contributed by atoms with Gasteiger partial charge in [0.2, 0.25) is 0 Å². The molecule has 25 heavy (non-hydrogen) atoms. The van der Waals surface area contributed by atoms with Crippen LogP contribution >= 0.6 is 0 Å². The Kier molecular flexibility index (Phi) is 9.77. The Bertz CT molecular complexity index is 533. The van der Waals surface area contributed by atoms with Crippen LogP contribution in [0, 0.1) is 5.92 Å². The molecule has 1 unspecified atom stereocenters. The van der Waals surface area contributed by atoms with Crippen LogP contribution in [0.2, 0.25) is 0 Å². The Morgan fingerprint density at radius 3 is 2.64 bits per heavy atom. The largest absolute Gasteiger partial charge is 0.493 e. The predicted molar refractivity (Wildman–Crippen MR) is 102 cm³/mol. The summed E-state index contributed by atoms with van der Waals surface area (Å²) in [6, 6.07) is 5.91. The molecule has 1 atom stereocenters. The lowest BCUT2D eigenvalue weighted by Gasteiger charge is -2.15. The first kappa shape index (κ1) is 21.1.